The van der Waals surface area contributed by atoms with Gasteiger partial charge < -0.3 is 10.5 Å². The molecular weight excluding hydrogens is 349 g/mol. The summed E-state index contributed by atoms with van der Waals surface area (Å²) in [5, 5.41) is 6.58. The predicted octanol–water partition coefficient (Wildman–Crippen LogP) is 4.14. The van der Waals surface area contributed by atoms with E-state index in [0.29, 0.717) is 28.2 Å². The van der Waals surface area contributed by atoms with Gasteiger partial charge in [-0.15, -0.1) is 0 Å². The first kappa shape index (κ1) is 14.6. The van der Waals surface area contributed by atoms with Crippen molar-refractivity contribution in [3.63, 3.8) is 0 Å². The molecule has 112 valence electrons. The number of nitrogens with zero attached hydrogens (tertiary/aromatic N) is 1. The number of ether oxygens (including phenoxy) is 1. The molecule has 3 aromatic rings. The fourth-order valence-electron chi connectivity index (χ4n) is 2.07. The highest BCUT2D eigenvalue weighted by molar-refractivity contribution is 9.10. The minimum atomic E-state index is -0.450. The second-order valence-corrected chi connectivity index (χ2v) is 5.60. The summed E-state index contributed by atoms with van der Waals surface area (Å²) in [4.78, 5) is 0. The van der Waals surface area contributed by atoms with E-state index >= 15 is 0 Å². The number of aromatic amines is 1. The zero-order chi connectivity index (χ0) is 15.5. The average Bonchev–Trinajstić information content (AvgIpc) is 2.94. The second-order valence-electron chi connectivity index (χ2n) is 4.75. The number of nitrogens with two attached hydrogens (primary N) is 1. The van der Waals surface area contributed by atoms with Crippen molar-refractivity contribution < 1.29 is 9.13 Å². The van der Waals surface area contributed by atoms with Crippen molar-refractivity contribution in [1.29, 1.82) is 0 Å². The van der Waals surface area contributed by atoms with Crippen LogP contribution in [0, 0.1) is 5.82 Å². The normalized spacial score (nSPS) is 10.6. The Morgan fingerprint density at radius 2 is 1.95 bits per heavy atom. The molecule has 1 aromatic heterocycles. The molecule has 0 radical (unpaired) electrons. The molecule has 2 aromatic carbocycles. The van der Waals surface area contributed by atoms with Crippen LogP contribution in [-0.2, 0) is 6.61 Å². The van der Waals surface area contributed by atoms with Gasteiger partial charge in [0.05, 0.1) is 10.2 Å². The van der Waals surface area contributed by atoms with Crippen LogP contribution in [0.15, 0.2) is 53.0 Å². The van der Waals surface area contributed by atoms with Gasteiger partial charge in [-0.3, -0.25) is 5.10 Å². The maximum Gasteiger partial charge on any atom is 0.169 e. The predicted molar refractivity (Wildman–Crippen MR) is 86.9 cm³/mol. The fourth-order valence-corrected chi connectivity index (χ4v) is 2.62. The van der Waals surface area contributed by atoms with Crippen molar-refractivity contribution in [1.82, 2.24) is 10.2 Å². The molecule has 4 nitrogen and oxygen atoms in total. The van der Waals surface area contributed by atoms with E-state index in [1.165, 1.54) is 6.07 Å². The number of nitrogens with one attached hydrogen (secondary N) is 1. The number of rotatable bonds is 4. The minimum Gasteiger partial charge on any atom is -0.485 e. The number of nitrogen functional groups attached to an aromatic ring is 1. The quantitative estimate of drug-likeness (QED) is 0.733. The lowest BCUT2D eigenvalue weighted by Crippen LogP contribution is -1.98. The molecule has 0 aliphatic rings. The molecule has 6 heteroatoms. The van der Waals surface area contributed by atoms with Crippen molar-refractivity contribution in [2.24, 2.45) is 0 Å². The summed E-state index contributed by atoms with van der Waals surface area (Å²) in [7, 11) is 0. The van der Waals surface area contributed by atoms with E-state index in [-0.39, 0.29) is 5.75 Å². The van der Waals surface area contributed by atoms with Crippen LogP contribution in [0.2, 0.25) is 0 Å². The highest BCUT2D eigenvalue weighted by Gasteiger charge is 2.13. The van der Waals surface area contributed by atoms with E-state index in [1.807, 2.05) is 30.3 Å². The summed E-state index contributed by atoms with van der Waals surface area (Å²) in [5.74, 6) is 0.0875. The van der Waals surface area contributed by atoms with Crippen molar-refractivity contribution in [3.05, 3.63) is 64.4 Å². The Hall–Kier alpha value is -2.34. The van der Waals surface area contributed by atoms with Crippen molar-refractivity contribution in [2.75, 3.05) is 5.73 Å². The smallest absolute Gasteiger partial charge is 0.169 e. The molecule has 0 spiro atoms. The number of aromatic nitrogens is 2. The molecule has 0 aliphatic heterocycles. The second kappa shape index (κ2) is 6.19. The highest BCUT2D eigenvalue weighted by Crippen LogP contribution is 2.34. The number of H-pyrrole nitrogens is 1. The highest BCUT2D eigenvalue weighted by atomic mass is 79.9. The summed E-state index contributed by atoms with van der Waals surface area (Å²) in [5.41, 5.74) is 7.82. The van der Waals surface area contributed by atoms with Gasteiger partial charge in [-0.25, -0.2) is 4.39 Å². The van der Waals surface area contributed by atoms with Crippen LogP contribution in [0.5, 0.6) is 5.75 Å². The Kier molecular flexibility index (Phi) is 4.11. The summed E-state index contributed by atoms with van der Waals surface area (Å²) >= 11 is 3.35. The summed E-state index contributed by atoms with van der Waals surface area (Å²) < 4.78 is 20.4. The SMILES string of the molecule is Nc1cc(-c2cc(F)c(OCc3ccccc3)c(Br)c2)[nH]n1. The molecule has 22 heavy (non-hydrogen) atoms. The minimum absolute atomic E-state index is 0.181. The van der Waals surface area contributed by atoms with Gasteiger partial charge in [0.15, 0.2) is 11.6 Å². The van der Waals surface area contributed by atoms with Crippen LogP contribution in [0.4, 0.5) is 10.2 Å². The van der Waals surface area contributed by atoms with Crippen molar-refractivity contribution >= 4 is 21.7 Å². The van der Waals surface area contributed by atoms with Gasteiger partial charge in [0, 0.05) is 11.6 Å². The maximum atomic E-state index is 14.3. The molecule has 0 unspecified atom stereocenters. The lowest BCUT2D eigenvalue weighted by molar-refractivity contribution is 0.288. The molecule has 0 amide bonds. The first-order valence-corrected chi connectivity index (χ1v) is 7.40. The van der Waals surface area contributed by atoms with Gasteiger partial charge in [0.25, 0.3) is 0 Å². The van der Waals surface area contributed by atoms with Crippen molar-refractivity contribution in [3.8, 4) is 17.0 Å². The number of anilines is 1. The first-order chi connectivity index (χ1) is 10.6. The van der Waals surface area contributed by atoms with Gasteiger partial charge in [0.2, 0.25) is 0 Å². The molecule has 0 aliphatic carbocycles. The fraction of sp³-hybridized carbons (Fsp3) is 0.0625. The molecule has 0 atom stereocenters. The molecule has 0 fully saturated rings. The Balaban J connectivity index is 1.84. The van der Waals surface area contributed by atoms with E-state index in [4.69, 9.17) is 10.5 Å². The van der Waals surface area contributed by atoms with Crippen LogP contribution in [0.3, 0.4) is 0 Å². The van der Waals surface area contributed by atoms with Crippen LogP contribution in [-0.4, -0.2) is 10.2 Å². The van der Waals surface area contributed by atoms with Gasteiger partial charge in [0.1, 0.15) is 12.4 Å². The van der Waals surface area contributed by atoms with E-state index in [9.17, 15) is 4.39 Å². The van der Waals surface area contributed by atoms with Gasteiger partial charge >= 0.3 is 0 Å². The van der Waals surface area contributed by atoms with Gasteiger partial charge in [-0.2, -0.15) is 5.10 Å². The zero-order valence-corrected chi connectivity index (χ0v) is 13.1. The Labute approximate surface area is 135 Å². The molecule has 0 saturated carbocycles. The number of hydrogen-bond donors (Lipinski definition) is 2. The maximum absolute atomic E-state index is 14.3. The third kappa shape index (κ3) is 3.12. The van der Waals surface area contributed by atoms with Crippen molar-refractivity contribution in [2.45, 2.75) is 6.61 Å². The number of benzene rings is 2. The topological polar surface area (TPSA) is 63.9 Å². The Morgan fingerprint density at radius 3 is 2.59 bits per heavy atom. The largest absolute Gasteiger partial charge is 0.485 e. The lowest BCUT2D eigenvalue weighted by Gasteiger charge is -2.11. The Bertz CT molecular complexity index is 766. The summed E-state index contributed by atoms with van der Waals surface area (Å²) in [6, 6.07) is 14.4. The van der Waals surface area contributed by atoms with Crippen LogP contribution in [0.25, 0.3) is 11.3 Å². The van der Waals surface area contributed by atoms with E-state index < -0.39 is 5.82 Å². The molecule has 0 bridgehead atoms. The van der Waals surface area contributed by atoms with Gasteiger partial charge in [-0.1, -0.05) is 30.3 Å². The standard InChI is InChI=1S/C16H13BrFN3O/c17-12-6-11(14-8-15(19)21-20-14)7-13(18)16(12)22-9-10-4-2-1-3-5-10/h1-8H,9H2,(H3,19,20,21). The molecule has 0 saturated heterocycles. The number of halogens is 2. The molecule has 3 rings (SSSR count). The molecular formula is C16H13BrFN3O. The van der Waals surface area contributed by atoms with Crippen LogP contribution in [0.1, 0.15) is 5.56 Å². The lowest BCUT2D eigenvalue weighted by atomic mass is 10.1. The van der Waals surface area contributed by atoms with E-state index in [0.717, 1.165) is 5.56 Å². The van der Waals surface area contributed by atoms with E-state index in [1.54, 1.807) is 12.1 Å². The third-order valence-electron chi connectivity index (χ3n) is 3.13. The zero-order valence-electron chi connectivity index (χ0n) is 11.5. The number of hydrogen-bond acceptors (Lipinski definition) is 3. The monoisotopic (exact) mass is 361 g/mol. The molecule has 1 heterocycles. The summed E-state index contributed by atoms with van der Waals surface area (Å²) in [6.45, 7) is 0.298. The van der Waals surface area contributed by atoms with Crippen LogP contribution < -0.4 is 10.5 Å². The Morgan fingerprint density at radius 1 is 1.18 bits per heavy atom. The molecule has 3 N–H and O–H groups in total. The first-order valence-electron chi connectivity index (χ1n) is 6.60. The average molecular weight is 362 g/mol. The van der Waals surface area contributed by atoms with Gasteiger partial charge in [-0.05, 0) is 33.6 Å². The summed E-state index contributed by atoms with van der Waals surface area (Å²) in [6.07, 6.45) is 0. The van der Waals surface area contributed by atoms with E-state index in [2.05, 4.69) is 26.1 Å². The third-order valence-corrected chi connectivity index (χ3v) is 3.72. The van der Waals surface area contributed by atoms with Crippen LogP contribution >= 0.6 is 15.9 Å².